The molecule has 0 aliphatic heterocycles. The number of benzene rings is 1. The fourth-order valence-electron chi connectivity index (χ4n) is 1.72. The van der Waals surface area contributed by atoms with Crippen LogP contribution < -0.4 is 0 Å². The molecule has 0 aliphatic rings. The Balaban J connectivity index is 2.67. The topological polar surface area (TPSA) is 53.1 Å². The molecule has 1 aromatic carbocycles. The van der Waals surface area contributed by atoms with Crippen LogP contribution in [0.15, 0.2) is 22.8 Å². The van der Waals surface area contributed by atoms with E-state index >= 15 is 0 Å². The molecule has 78 valence electrons. The quantitative estimate of drug-likeness (QED) is 0.879. The highest BCUT2D eigenvalue weighted by Gasteiger charge is 2.11. The Morgan fingerprint density at radius 3 is 2.93 bits per heavy atom. The highest BCUT2D eigenvalue weighted by molar-refractivity contribution is 9.10. The Morgan fingerprint density at radius 2 is 2.27 bits per heavy atom. The number of hydrogen-bond acceptors (Lipinski definition) is 1. The second-order valence-electron chi connectivity index (χ2n) is 3.50. The van der Waals surface area contributed by atoms with E-state index in [2.05, 4.69) is 20.9 Å². The number of aromatic amines is 1. The van der Waals surface area contributed by atoms with Gasteiger partial charge in [-0.3, -0.25) is 4.79 Å². The normalized spacial score (nSPS) is 10.8. The van der Waals surface area contributed by atoms with Gasteiger partial charge in [0.1, 0.15) is 0 Å². The van der Waals surface area contributed by atoms with Crippen LogP contribution in [-0.2, 0) is 11.2 Å². The summed E-state index contributed by atoms with van der Waals surface area (Å²) in [6, 6.07) is 3.93. The van der Waals surface area contributed by atoms with E-state index in [-0.39, 0.29) is 6.42 Å². The van der Waals surface area contributed by atoms with Gasteiger partial charge in [-0.25, -0.2) is 0 Å². The van der Waals surface area contributed by atoms with E-state index in [0.29, 0.717) is 0 Å². The summed E-state index contributed by atoms with van der Waals surface area (Å²) in [6.07, 6.45) is 1.80. The molecule has 0 fully saturated rings. The summed E-state index contributed by atoms with van der Waals surface area (Å²) < 4.78 is 0.931. The van der Waals surface area contributed by atoms with Crippen molar-refractivity contribution in [1.82, 2.24) is 4.98 Å². The molecule has 0 radical (unpaired) electrons. The molecule has 4 heteroatoms. The van der Waals surface area contributed by atoms with Gasteiger partial charge >= 0.3 is 5.97 Å². The van der Waals surface area contributed by atoms with Crippen molar-refractivity contribution in [2.75, 3.05) is 0 Å². The smallest absolute Gasteiger partial charge is 0.307 e. The van der Waals surface area contributed by atoms with Gasteiger partial charge in [0.05, 0.1) is 6.42 Å². The Morgan fingerprint density at radius 1 is 1.53 bits per heavy atom. The summed E-state index contributed by atoms with van der Waals surface area (Å²) in [4.78, 5) is 13.8. The molecule has 1 aromatic heterocycles. The minimum Gasteiger partial charge on any atom is -0.481 e. The number of halogens is 1. The minimum absolute atomic E-state index is 0.0437. The van der Waals surface area contributed by atoms with Gasteiger partial charge in [-0.1, -0.05) is 22.0 Å². The zero-order chi connectivity index (χ0) is 11.0. The lowest BCUT2D eigenvalue weighted by Gasteiger charge is -2.00. The standard InChI is InChI=1S/C11H10BrNO2/c1-6-2-3-8(12)10-7(4-9(14)15)5-13-11(6)10/h2-3,5,13H,4H2,1H3,(H,14,15). The van der Waals surface area contributed by atoms with Crippen LogP contribution in [0.4, 0.5) is 0 Å². The van der Waals surface area contributed by atoms with Crippen LogP contribution in [0.3, 0.4) is 0 Å². The molecule has 0 saturated carbocycles. The van der Waals surface area contributed by atoms with Crippen molar-refractivity contribution in [3.05, 3.63) is 33.9 Å². The zero-order valence-electron chi connectivity index (χ0n) is 8.17. The summed E-state index contributed by atoms with van der Waals surface area (Å²) in [5.74, 6) is -0.815. The summed E-state index contributed by atoms with van der Waals surface area (Å²) >= 11 is 3.44. The number of aryl methyl sites for hydroxylation is 1. The number of fused-ring (bicyclic) bond motifs is 1. The number of rotatable bonds is 2. The first kappa shape index (κ1) is 10.2. The molecule has 3 nitrogen and oxygen atoms in total. The van der Waals surface area contributed by atoms with E-state index in [1.165, 1.54) is 0 Å². The van der Waals surface area contributed by atoms with E-state index in [0.717, 1.165) is 26.5 Å². The summed E-state index contributed by atoms with van der Waals surface area (Å²) in [5.41, 5.74) is 2.93. The number of nitrogens with one attached hydrogen (secondary N) is 1. The van der Waals surface area contributed by atoms with Crippen LogP contribution in [0.1, 0.15) is 11.1 Å². The number of carbonyl (C=O) groups is 1. The maximum atomic E-state index is 10.7. The average molecular weight is 268 g/mol. The van der Waals surface area contributed by atoms with Gasteiger partial charge in [0.25, 0.3) is 0 Å². The van der Waals surface area contributed by atoms with Crippen molar-refractivity contribution < 1.29 is 9.90 Å². The summed E-state index contributed by atoms with van der Waals surface area (Å²) in [7, 11) is 0. The number of hydrogen-bond donors (Lipinski definition) is 2. The fourth-order valence-corrected chi connectivity index (χ4v) is 2.30. The molecule has 0 atom stereocenters. The predicted octanol–water partition coefficient (Wildman–Crippen LogP) is 2.87. The number of carboxylic acid groups (broad SMARTS) is 1. The van der Waals surface area contributed by atoms with Crippen molar-refractivity contribution in [1.29, 1.82) is 0 Å². The molecule has 0 spiro atoms. The third kappa shape index (κ3) is 1.77. The molecule has 0 saturated heterocycles. The van der Waals surface area contributed by atoms with Crippen molar-refractivity contribution >= 4 is 32.8 Å². The minimum atomic E-state index is -0.815. The van der Waals surface area contributed by atoms with Gasteiger partial charge in [0.15, 0.2) is 0 Å². The monoisotopic (exact) mass is 267 g/mol. The lowest BCUT2D eigenvalue weighted by atomic mass is 10.1. The molecule has 2 rings (SSSR count). The largest absolute Gasteiger partial charge is 0.481 e. The van der Waals surface area contributed by atoms with Crippen LogP contribution in [0.25, 0.3) is 10.9 Å². The van der Waals surface area contributed by atoms with Gasteiger partial charge < -0.3 is 10.1 Å². The van der Waals surface area contributed by atoms with E-state index < -0.39 is 5.97 Å². The van der Waals surface area contributed by atoms with E-state index in [9.17, 15) is 4.79 Å². The van der Waals surface area contributed by atoms with Gasteiger partial charge in [-0.05, 0) is 24.1 Å². The van der Waals surface area contributed by atoms with E-state index in [4.69, 9.17) is 5.11 Å². The molecular formula is C11H10BrNO2. The van der Waals surface area contributed by atoms with Gasteiger partial charge in [-0.15, -0.1) is 0 Å². The van der Waals surface area contributed by atoms with Crippen molar-refractivity contribution in [2.24, 2.45) is 0 Å². The van der Waals surface area contributed by atoms with Crippen LogP contribution in [0.5, 0.6) is 0 Å². The molecule has 2 N–H and O–H groups in total. The third-order valence-electron chi connectivity index (χ3n) is 2.42. The maximum absolute atomic E-state index is 10.7. The lowest BCUT2D eigenvalue weighted by Crippen LogP contribution is -1.99. The molecule has 1 heterocycles. The van der Waals surface area contributed by atoms with Crippen LogP contribution in [-0.4, -0.2) is 16.1 Å². The van der Waals surface area contributed by atoms with Gasteiger partial charge in [-0.2, -0.15) is 0 Å². The first-order valence-corrected chi connectivity index (χ1v) is 5.35. The molecular weight excluding hydrogens is 258 g/mol. The molecule has 0 bridgehead atoms. The Bertz CT molecular complexity index is 531. The highest BCUT2D eigenvalue weighted by atomic mass is 79.9. The van der Waals surface area contributed by atoms with Crippen LogP contribution in [0.2, 0.25) is 0 Å². The van der Waals surface area contributed by atoms with Crippen molar-refractivity contribution in [3.8, 4) is 0 Å². The number of H-pyrrole nitrogens is 1. The Labute approximate surface area is 95.2 Å². The van der Waals surface area contributed by atoms with E-state index in [1.807, 2.05) is 19.1 Å². The number of aromatic nitrogens is 1. The Hall–Kier alpha value is -1.29. The number of aliphatic carboxylic acids is 1. The first-order chi connectivity index (χ1) is 7.09. The molecule has 0 aliphatic carbocycles. The summed E-state index contributed by atoms with van der Waals surface area (Å²) in [6.45, 7) is 2.00. The third-order valence-corrected chi connectivity index (χ3v) is 3.08. The van der Waals surface area contributed by atoms with Crippen LogP contribution in [0, 0.1) is 6.92 Å². The second-order valence-corrected chi connectivity index (χ2v) is 4.35. The average Bonchev–Trinajstić information content (AvgIpc) is 2.56. The lowest BCUT2D eigenvalue weighted by molar-refractivity contribution is -0.136. The molecule has 15 heavy (non-hydrogen) atoms. The highest BCUT2D eigenvalue weighted by Crippen LogP contribution is 2.29. The second kappa shape index (κ2) is 3.70. The van der Waals surface area contributed by atoms with Crippen molar-refractivity contribution in [2.45, 2.75) is 13.3 Å². The van der Waals surface area contributed by atoms with E-state index in [1.54, 1.807) is 6.20 Å². The SMILES string of the molecule is Cc1ccc(Br)c2c(CC(=O)O)c[nH]c12. The summed E-state index contributed by atoms with van der Waals surface area (Å²) in [5, 5.41) is 9.75. The zero-order valence-corrected chi connectivity index (χ0v) is 9.76. The predicted molar refractivity (Wildman–Crippen MR) is 62.1 cm³/mol. The van der Waals surface area contributed by atoms with Crippen LogP contribution >= 0.6 is 15.9 Å². The molecule has 0 unspecified atom stereocenters. The fraction of sp³-hybridized carbons (Fsp3) is 0.182. The molecule has 0 amide bonds. The van der Waals surface area contributed by atoms with Crippen molar-refractivity contribution in [3.63, 3.8) is 0 Å². The first-order valence-electron chi connectivity index (χ1n) is 4.56. The maximum Gasteiger partial charge on any atom is 0.307 e. The Kier molecular flexibility index (Phi) is 2.52. The molecule has 2 aromatic rings. The van der Waals surface area contributed by atoms with Gasteiger partial charge in [0, 0.05) is 21.6 Å². The number of carboxylic acids is 1. The van der Waals surface area contributed by atoms with Gasteiger partial charge in [0.2, 0.25) is 0 Å².